The van der Waals surface area contributed by atoms with Crippen molar-refractivity contribution in [3.63, 3.8) is 0 Å². The predicted octanol–water partition coefficient (Wildman–Crippen LogP) is 5.85. The molecule has 6 nitrogen and oxygen atoms in total. The number of allylic oxidation sites excluding steroid dienone is 1. The van der Waals surface area contributed by atoms with E-state index in [9.17, 15) is 9.59 Å². The third kappa shape index (κ3) is 5.69. The van der Waals surface area contributed by atoms with E-state index in [4.69, 9.17) is 9.47 Å². The van der Waals surface area contributed by atoms with Crippen molar-refractivity contribution in [2.45, 2.75) is 66.0 Å². The van der Waals surface area contributed by atoms with Gasteiger partial charge < -0.3 is 20.1 Å². The number of amides is 2. The van der Waals surface area contributed by atoms with E-state index >= 15 is 0 Å². The molecule has 3 rings (SSSR count). The van der Waals surface area contributed by atoms with Gasteiger partial charge in [-0.05, 0) is 75.4 Å². The Bertz CT molecular complexity index is 1010. The van der Waals surface area contributed by atoms with E-state index in [2.05, 4.69) is 17.6 Å². The summed E-state index contributed by atoms with van der Waals surface area (Å²) in [6.07, 6.45) is 2.17. The number of carbonyl (C=O) groups excluding carboxylic acids is 2. The van der Waals surface area contributed by atoms with Gasteiger partial charge in [0.1, 0.15) is 11.5 Å². The Morgan fingerprint density at radius 2 is 1.81 bits per heavy atom. The topological polar surface area (TPSA) is 76.7 Å². The molecule has 0 bridgehead atoms. The molecule has 2 aromatic rings. The molecule has 0 radical (unpaired) electrons. The van der Waals surface area contributed by atoms with Gasteiger partial charge in [0.05, 0.1) is 17.7 Å². The maximum atomic E-state index is 13.0. The summed E-state index contributed by atoms with van der Waals surface area (Å²) in [4.78, 5) is 25.3. The minimum absolute atomic E-state index is 0.256. The van der Waals surface area contributed by atoms with Gasteiger partial charge in [-0.1, -0.05) is 37.6 Å². The first-order chi connectivity index (χ1) is 15.3. The first-order valence-electron chi connectivity index (χ1n) is 11.1. The zero-order chi connectivity index (χ0) is 23.3. The fourth-order valence-corrected chi connectivity index (χ4v) is 3.61. The Kier molecular flexibility index (Phi) is 7.57. The van der Waals surface area contributed by atoms with Crippen molar-refractivity contribution in [1.29, 1.82) is 0 Å². The van der Waals surface area contributed by atoms with E-state index in [0.29, 0.717) is 23.4 Å². The summed E-state index contributed by atoms with van der Waals surface area (Å²) in [7, 11) is 0. The van der Waals surface area contributed by atoms with Crippen LogP contribution in [0.1, 0.15) is 62.8 Å². The molecule has 2 N–H and O–H groups in total. The largest absolute Gasteiger partial charge is 0.459 e. The molecule has 0 saturated heterocycles. The number of nitrogens with one attached hydrogen (secondary N) is 2. The minimum atomic E-state index is -0.586. The van der Waals surface area contributed by atoms with Crippen LogP contribution in [0.4, 0.5) is 4.79 Å². The van der Waals surface area contributed by atoms with Crippen molar-refractivity contribution in [1.82, 2.24) is 10.6 Å². The molecule has 1 aliphatic rings. The van der Waals surface area contributed by atoms with E-state index in [1.54, 1.807) is 0 Å². The second-order valence-corrected chi connectivity index (χ2v) is 8.42. The Morgan fingerprint density at radius 3 is 2.47 bits per heavy atom. The van der Waals surface area contributed by atoms with Crippen LogP contribution < -0.4 is 15.4 Å². The summed E-state index contributed by atoms with van der Waals surface area (Å²) in [5.74, 6) is 1.07. The predicted molar refractivity (Wildman–Crippen MR) is 125 cm³/mol. The van der Waals surface area contributed by atoms with Crippen molar-refractivity contribution in [3.8, 4) is 11.5 Å². The summed E-state index contributed by atoms with van der Waals surface area (Å²) in [6.45, 7) is 9.72. The average molecular weight is 437 g/mol. The molecule has 2 aromatic carbocycles. The maximum Gasteiger partial charge on any atom is 0.338 e. The van der Waals surface area contributed by atoms with Crippen LogP contribution in [0.2, 0.25) is 0 Å². The quantitative estimate of drug-likeness (QED) is 0.509. The number of rotatable bonds is 8. The third-order valence-electron chi connectivity index (χ3n) is 5.28. The van der Waals surface area contributed by atoms with E-state index < -0.39 is 12.0 Å². The van der Waals surface area contributed by atoms with Crippen molar-refractivity contribution in [2.24, 2.45) is 0 Å². The highest BCUT2D eigenvalue weighted by atomic mass is 16.5. The Hall–Kier alpha value is -3.28. The highest BCUT2D eigenvalue weighted by molar-refractivity contribution is 5.95. The molecule has 2 amide bonds. The highest BCUT2D eigenvalue weighted by Crippen LogP contribution is 2.32. The van der Waals surface area contributed by atoms with Gasteiger partial charge in [0, 0.05) is 5.70 Å². The molecule has 170 valence electrons. The van der Waals surface area contributed by atoms with Crippen LogP contribution in [0, 0.1) is 13.8 Å². The van der Waals surface area contributed by atoms with E-state index in [1.807, 2.05) is 70.2 Å². The lowest BCUT2D eigenvalue weighted by atomic mass is 9.93. The summed E-state index contributed by atoms with van der Waals surface area (Å²) in [5.41, 5.74) is 4.04. The second-order valence-electron chi connectivity index (χ2n) is 8.42. The van der Waals surface area contributed by atoms with Crippen LogP contribution in [-0.2, 0) is 9.53 Å². The van der Waals surface area contributed by atoms with Gasteiger partial charge in [0.2, 0.25) is 0 Å². The fraction of sp³-hybridized carbons (Fsp3) is 0.385. The maximum absolute atomic E-state index is 13.0. The zero-order valence-corrected chi connectivity index (χ0v) is 19.5. The van der Waals surface area contributed by atoms with Crippen LogP contribution in [-0.4, -0.2) is 18.1 Å². The van der Waals surface area contributed by atoms with Crippen LogP contribution in [0.25, 0.3) is 0 Å². The Labute approximate surface area is 190 Å². The molecule has 0 fully saturated rings. The number of carbonyl (C=O) groups is 2. The number of benzene rings is 2. The van der Waals surface area contributed by atoms with Gasteiger partial charge in [-0.2, -0.15) is 0 Å². The third-order valence-corrected chi connectivity index (χ3v) is 5.28. The standard InChI is InChI=1S/C26H32N2O4/c1-6-7-8-21-23(25(29)31-16(2)3)24(28-26(30)27-21)19-11-13-20(14-12-19)32-22-15-17(4)9-10-18(22)5/h9-16,24H,6-8H2,1-5H3,(H2,27,28,30). The average Bonchev–Trinajstić information content (AvgIpc) is 2.74. The van der Waals surface area contributed by atoms with E-state index in [1.165, 1.54) is 0 Å². The number of esters is 1. The normalized spacial score (nSPS) is 15.9. The molecule has 0 saturated carbocycles. The number of urea groups is 1. The van der Waals surface area contributed by atoms with Crippen molar-refractivity contribution in [2.75, 3.05) is 0 Å². The van der Waals surface area contributed by atoms with Gasteiger partial charge in [0.15, 0.2) is 0 Å². The van der Waals surface area contributed by atoms with Crippen LogP contribution in [0.3, 0.4) is 0 Å². The zero-order valence-electron chi connectivity index (χ0n) is 19.5. The first kappa shape index (κ1) is 23.4. The summed E-state index contributed by atoms with van der Waals surface area (Å²) in [5, 5.41) is 5.69. The smallest absolute Gasteiger partial charge is 0.338 e. The van der Waals surface area contributed by atoms with E-state index in [0.717, 1.165) is 35.3 Å². The lowest BCUT2D eigenvalue weighted by Crippen LogP contribution is -2.46. The van der Waals surface area contributed by atoms with Gasteiger partial charge in [-0.15, -0.1) is 0 Å². The van der Waals surface area contributed by atoms with E-state index in [-0.39, 0.29) is 12.1 Å². The van der Waals surface area contributed by atoms with Crippen molar-refractivity contribution < 1.29 is 19.1 Å². The number of hydrogen-bond acceptors (Lipinski definition) is 4. The molecule has 0 aliphatic carbocycles. The number of hydrogen-bond donors (Lipinski definition) is 2. The Balaban J connectivity index is 1.91. The van der Waals surface area contributed by atoms with Crippen molar-refractivity contribution in [3.05, 3.63) is 70.4 Å². The lowest BCUT2D eigenvalue weighted by Gasteiger charge is -2.30. The molecule has 6 heteroatoms. The summed E-state index contributed by atoms with van der Waals surface area (Å²) >= 11 is 0. The SMILES string of the molecule is CCCCC1=C(C(=O)OC(C)C)C(c2ccc(Oc3cc(C)ccc3C)cc2)NC(=O)N1. The van der Waals surface area contributed by atoms with Gasteiger partial charge in [-0.3, -0.25) is 0 Å². The summed E-state index contributed by atoms with van der Waals surface area (Å²) in [6, 6.07) is 12.6. The molecule has 1 atom stereocenters. The molecule has 0 spiro atoms. The van der Waals surface area contributed by atoms with Gasteiger partial charge >= 0.3 is 12.0 Å². The Morgan fingerprint density at radius 1 is 1.09 bits per heavy atom. The molecule has 1 aliphatic heterocycles. The monoisotopic (exact) mass is 436 g/mol. The lowest BCUT2D eigenvalue weighted by molar-refractivity contribution is -0.143. The molecule has 0 aromatic heterocycles. The van der Waals surface area contributed by atoms with Crippen LogP contribution in [0.15, 0.2) is 53.7 Å². The highest BCUT2D eigenvalue weighted by Gasteiger charge is 2.33. The summed E-state index contributed by atoms with van der Waals surface area (Å²) < 4.78 is 11.6. The van der Waals surface area contributed by atoms with Crippen molar-refractivity contribution >= 4 is 12.0 Å². The minimum Gasteiger partial charge on any atom is -0.459 e. The fourth-order valence-electron chi connectivity index (χ4n) is 3.61. The number of aryl methyl sites for hydroxylation is 2. The first-order valence-corrected chi connectivity index (χ1v) is 11.1. The van der Waals surface area contributed by atoms with Gasteiger partial charge in [0.25, 0.3) is 0 Å². The molecular formula is C26H32N2O4. The van der Waals surface area contributed by atoms with Crippen LogP contribution >= 0.6 is 0 Å². The molecular weight excluding hydrogens is 404 g/mol. The number of unbranched alkanes of at least 4 members (excludes halogenated alkanes) is 1. The molecule has 32 heavy (non-hydrogen) atoms. The van der Waals surface area contributed by atoms with Gasteiger partial charge in [-0.25, -0.2) is 9.59 Å². The second kappa shape index (κ2) is 10.4. The molecule has 1 unspecified atom stereocenters. The molecule has 1 heterocycles. The van der Waals surface area contributed by atoms with Crippen LogP contribution in [0.5, 0.6) is 11.5 Å². The number of ether oxygens (including phenoxy) is 2.